The summed E-state index contributed by atoms with van der Waals surface area (Å²) in [6, 6.07) is 16.3. The highest BCUT2D eigenvalue weighted by Gasteiger charge is 2.46. The van der Waals surface area contributed by atoms with Gasteiger partial charge in [-0.25, -0.2) is 9.69 Å². The highest BCUT2D eigenvalue weighted by molar-refractivity contribution is 6.17. The summed E-state index contributed by atoms with van der Waals surface area (Å²) in [6.07, 6.45) is 1.79. The summed E-state index contributed by atoms with van der Waals surface area (Å²) >= 11 is 0. The maximum Gasteiger partial charge on any atom is 0.328 e. The van der Waals surface area contributed by atoms with Crippen LogP contribution in [-0.4, -0.2) is 62.1 Å². The Labute approximate surface area is 199 Å². The summed E-state index contributed by atoms with van der Waals surface area (Å²) in [7, 11) is 1.66. The van der Waals surface area contributed by atoms with Gasteiger partial charge in [-0.3, -0.25) is 9.59 Å². The Morgan fingerprint density at radius 1 is 0.941 bits per heavy atom. The van der Waals surface area contributed by atoms with E-state index in [1.54, 1.807) is 19.2 Å². The minimum Gasteiger partial charge on any atom is -0.497 e. The van der Waals surface area contributed by atoms with Crippen LogP contribution in [0.4, 0.5) is 16.2 Å². The first-order valence-corrected chi connectivity index (χ1v) is 11.9. The number of imide groups is 1. The smallest absolute Gasteiger partial charge is 0.328 e. The van der Waals surface area contributed by atoms with Crippen LogP contribution in [0.3, 0.4) is 0 Å². The number of benzene rings is 2. The van der Waals surface area contributed by atoms with Gasteiger partial charge in [0, 0.05) is 49.9 Å². The maximum atomic E-state index is 13.3. The van der Waals surface area contributed by atoms with Crippen molar-refractivity contribution in [2.75, 3.05) is 43.1 Å². The van der Waals surface area contributed by atoms with Gasteiger partial charge < -0.3 is 19.9 Å². The molecule has 2 aromatic carbocycles. The Balaban J connectivity index is 1.19. The quantitative estimate of drug-likeness (QED) is 0.756. The summed E-state index contributed by atoms with van der Waals surface area (Å²) in [6.45, 7) is 2.85. The predicted molar refractivity (Wildman–Crippen MR) is 129 cm³/mol. The molecule has 2 saturated heterocycles. The minimum absolute atomic E-state index is 0.135. The van der Waals surface area contributed by atoms with E-state index in [9.17, 15) is 14.4 Å². The molecule has 1 N–H and O–H groups in total. The van der Waals surface area contributed by atoms with E-state index in [1.165, 1.54) is 4.90 Å². The maximum absolute atomic E-state index is 13.3. The number of hydrogen-bond donors (Lipinski definition) is 1. The molecule has 5 rings (SSSR count). The fourth-order valence-electron chi connectivity index (χ4n) is 5.41. The number of hydrogen-bond acceptors (Lipinski definition) is 5. The molecular formula is C26H30N4O4. The van der Waals surface area contributed by atoms with Crippen LogP contribution < -0.4 is 19.9 Å². The van der Waals surface area contributed by atoms with Crippen molar-refractivity contribution in [3.63, 3.8) is 0 Å². The zero-order valence-electron chi connectivity index (χ0n) is 19.4. The van der Waals surface area contributed by atoms with E-state index in [-0.39, 0.29) is 29.7 Å². The number of methoxy groups -OCH3 is 1. The molecule has 4 amide bonds. The number of nitrogens with zero attached hydrogens (tertiary/aromatic N) is 3. The average Bonchev–Trinajstić information content (AvgIpc) is 2.88. The monoisotopic (exact) mass is 462 g/mol. The second kappa shape index (κ2) is 9.37. The minimum atomic E-state index is -0.405. The lowest BCUT2D eigenvalue weighted by atomic mass is 9.76. The van der Waals surface area contributed by atoms with Gasteiger partial charge >= 0.3 is 6.03 Å². The number of rotatable bonds is 4. The first-order chi connectivity index (χ1) is 16.5. The van der Waals surface area contributed by atoms with Gasteiger partial charge in [0.1, 0.15) is 5.75 Å². The standard InChI is InChI=1S/C26H30N4O4/c1-34-21-9-5-8-20(17-21)28-12-14-29(15-13-28)24(31)18-10-11-22-23(16-18)27-26(33)30(25(22)32)19-6-3-2-4-7-19/h2-9,17-18,22-23H,10-16H2,1H3,(H,27,33). The number of anilines is 2. The molecule has 2 aromatic rings. The normalized spacial score (nSPS) is 25.0. The van der Waals surface area contributed by atoms with E-state index in [1.807, 2.05) is 41.3 Å². The molecule has 0 bridgehead atoms. The van der Waals surface area contributed by atoms with E-state index < -0.39 is 6.03 Å². The van der Waals surface area contributed by atoms with Gasteiger partial charge in [-0.2, -0.15) is 0 Å². The van der Waals surface area contributed by atoms with E-state index in [2.05, 4.69) is 16.3 Å². The molecule has 2 heterocycles. The molecule has 3 fully saturated rings. The summed E-state index contributed by atoms with van der Waals surface area (Å²) in [5.41, 5.74) is 1.67. The van der Waals surface area contributed by atoms with Crippen molar-refractivity contribution in [2.45, 2.75) is 25.3 Å². The Bertz CT molecular complexity index is 1070. The van der Waals surface area contributed by atoms with Crippen molar-refractivity contribution in [2.24, 2.45) is 11.8 Å². The fourth-order valence-corrected chi connectivity index (χ4v) is 5.41. The van der Waals surface area contributed by atoms with Crippen LogP contribution in [0.25, 0.3) is 0 Å². The van der Waals surface area contributed by atoms with E-state index >= 15 is 0 Å². The summed E-state index contributed by atoms with van der Waals surface area (Å²) in [5.74, 6) is 0.337. The average molecular weight is 463 g/mol. The van der Waals surface area contributed by atoms with Crippen LogP contribution in [0.1, 0.15) is 19.3 Å². The summed E-state index contributed by atoms with van der Waals surface area (Å²) < 4.78 is 5.33. The zero-order chi connectivity index (χ0) is 23.7. The number of fused-ring (bicyclic) bond motifs is 1. The van der Waals surface area contributed by atoms with Crippen LogP contribution in [0, 0.1) is 11.8 Å². The molecule has 0 aromatic heterocycles. The van der Waals surface area contributed by atoms with E-state index in [0.29, 0.717) is 38.0 Å². The molecular weight excluding hydrogens is 432 g/mol. The number of carbonyl (C=O) groups excluding carboxylic acids is 3. The molecule has 3 atom stereocenters. The van der Waals surface area contributed by atoms with Gasteiger partial charge in [-0.15, -0.1) is 0 Å². The van der Waals surface area contributed by atoms with E-state index in [4.69, 9.17) is 4.74 Å². The highest BCUT2D eigenvalue weighted by Crippen LogP contribution is 2.35. The SMILES string of the molecule is COc1cccc(N2CCN(C(=O)C3CCC4C(=O)N(c5ccccc5)C(=O)NC4C3)CC2)c1. The molecule has 8 heteroatoms. The summed E-state index contributed by atoms with van der Waals surface area (Å²) in [5, 5.41) is 3.00. The molecule has 34 heavy (non-hydrogen) atoms. The van der Waals surface area contributed by atoms with Crippen molar-refractivity contribution < 1.29 is 19.1 Å². The number of para-hydroxylation sites is 1. The molecule has 1 saturated carbocycles. The molecule has 1 aliphatic carbocycles. The van der Waals surface area contributed by atoms with Crippen LogP contribution in [0.2, 0.25) is 0 Å². The second-order valence-electron chi connectivity index (χ2n) is 9.20. The number of ether oxygens (including phenoxy) is 1. The first kappa shape index (κ1) is 22.3. The molecule has 2 aliphatic heterocycles. The van der Waals surface area contributed by atoms with Crippen molar-refractivity contribution in [1.29, 1.82) is 0 Å². The van der Waals surface area contributed by atoms with E-state index in [0.717, 1.165) is 24.5 Å². The molecule has 8 nitrogen and oxygen atoms in total. The van der Waals surface area contributed by atoms with Gasteiger partial charge in [0.2, 0.25) is 11.8 Å². The van der Waals surface area contributed by atoms with Crippen molar-refractivity contribution in [3.8, 4) is 5.75 Å². The van der Waals surface area contributed by atoms with Crippen molar-refractivity contribution in [3.05, 3.63) is 54.6 Å². The van der Waals surface area contributed by atoms with Crippen LogP contribution in [0.5, 0.6) is 5.75 Å². The predicted octanol–water partition coefficient (Wildman–Crippen LogP) is 2.89. The van der Waals surface area contributed by atoms with Gasteiger partial charge in [0.25, 0.3) is 0 Å². The lowest BCUT2D eigenvalue weighted by molar-refractivity contribution is -0.139. The molecule has 0 radical (unpaired) electrons. The summed E-state index contributed by atoms with van der Waals surface area (Å²) in [4.78, 5) is 44.6. The van der Waals surface area contributed by atoms with Gasteiger partial charge in [-0.1, -0.05) is 24.3 Å². The number of amides is 4. The van der Waals surface area contributed by atoms with Crippen molar-refractivity contribution in [1.82, 2.24) is 10.2 Å². The zero-order valence-corrected chi connectivity index (χ0v) is 19.4. The topological polar surface area (TPSA) is 82.2 Å². The fraction of sp³-hybridized carbons (Fsp3) is 0.423. The highest BCUT2D eigenvalue weighted by atomic mass is 16.5. The first-order valence-electron chi connectivity index (χ1n) is 11.9. The number of nitrogens with one attached hydrogen (secondary N) is 1. The number of carbonyl (C=O) groups is 3. The third kappa shape index (κ3) is 4.20. The molecule has 0 spiro atoms. The third-order valence-electron chi connectivity index (χ3n) is 7.27. The Kier molecular flexibility index (Phi) is 6.13. The largest absolute Gasteiger partial charge is 0.497 e. The Morgan fingerprint density at radius 2 is 1.68 bits per heavy atom. The Morgan fingerprint density at radius 3 is 2.41 bits per heavy atom. The van der Waals surface area contributed by atoms with Crippen LogP contribution >= 0.6 is 0 Å². The number of urea groups is 1. The number of piperazine rings is 1. The molecule has 3 unspecified atom stereocenters. The van der Waals surface area contributed by atoms with Crippen LogP contribution in [0.15, 0.2) is 54.6 Å². The third-order valence-corrected chi connectivity index (χ3v) is 7.27. The van der Waals surface area contributed by atoms with Gasteiger partial charge in [0.05, 0.1) is 18.7 Å². The Hall–Kier alpha value is -3.55. The van der Waals surface area contributed by atoms with Gasteiger partial charge in [-0.05, 0) is 43.5 Å². The lowest BCUT2D eigenvalue weighted by Crippen LogP contribution is -2.62. The lowest BCUT2D eigenvalue weighted by Gasteiger charge is -2.43. The van der Waals surface area contributed by atoms with Crippen LogP contribution in [-0.2, 0) is 9.59 Å². The van der Waals surface area contributed by atoms with Gasteiger partial charge in [0.15, 0.2) is 0 Å². The van der Waals surface area contributed by atoms with Crippen molar-refractivity contribution >= 4 is 29.2 Å². The second-order valence-corrected chi connectivity index (χ2v) is 9.20. The molecule has 178 valence electrons. The molecule has 3 aliphatic rings.